The molecule has 1 aromatic rings. The van der Waals surface area contributed by atoms with Gasteiger partial charge in [-0.3, -0.25) is 4.79 Å². The van der Waals surface area contributed by atoms with Gasteiger partial charge in [0.25, 0.3) is 0 Å². The van der Waals surface area contributed by atoms with E-state index in [1.54, 1.807) is 6.07 Å². The zero-order chi connectivity index (χ0) is 12.0. The van der Waals surface area contributed by atoms with E-state index >= 15 is 0 Å². The van der Waals surface area contributed by atoms with Gasteiger partial charge in [-0.05, 0) is 23.8 Å². The Morgan fingerprint density at radius 3 is 2.88 bits per heavy atom. The van der Waals surface area contributed by atoms with Crippen LogP contribution in [0, 0.1) is 17.7 Å². The molecule has 0 radical (unpaired) electrons. The molecule has 0 fully saturated rings. The summed E-state index contributed by atoms with van der Waals surface area (Å²) >= 11 is 0. The Balaban J connectivity index is 2.80. The molecule has 0 aromatic heterocycles. The lowest BCUT2D eigenvalue weighted by atomic mass is 10.1. The van der Waals surface area contributed by atoms with Gasteiger partial charge in [0.05, 0.1) is 13.7 Å². The number of carbonyl (C=O) groups is 1. The maximum absolute atomic E-state index is 13.0. The quantitative estimate of drug-likeness (QED) is 0.604. The zero-order valence-corrected chi connectivity index (χ0v) is 8.79. The number of aliphatic hydroxyl groups is 1. The van der Waals surface area contributed by atoms with E-state index in [4.69, 9.17) is 5.11 Å². The van der Waals surface area contributed by atoms with Crippen molar-refractivity contribution in [1.82, 2.24) is 0 Å². The van der Waals surface area contributed by atoms with E-state index in [0.29, 0.717) is 11.1 Å². The fourth-order valence-corrected chi connectivity index (χ4v) is 1.10. The van der Waals surface area contributed by atoms with E-state index in [1.165, 1.54) is 19.2 Å². The summed E-state index contributed by atoms with van der Waals surface area (Å²) in [6.07, 6.45) is -0.0402. The topological polar surface area (TPSA) is 46.5 Å². The number of hydrogen-bond acceptors (Lipinski definition) is 3. The third-order valence-electron chi connectivity index (χ3n) is 1.83. The van der Waals surface area contributed by atoms with E-state index in [9.17, 15) is 9.18 Å². The van der Waals surface area contributed by atoms with Gasteiger partial charge in [0.2, 0.25) is 0 Å². The number of esters is 1. The van der Waals surface area contributed by atoms with Gasteiger partial charge in [-0.25, -0.2) is 4.39 Å². The molecule has 0 saturated carbocycles. The first-order chi connectivity index (χ1) is 7.65. The number of halogens is 1. The fraction of sp³-hybridized carbons (Fsp3) is 0.250. The highest BCUT2D eigenvalue weighted by atomic mass is 19.1. The molecule has 1 aromatic carbocycles. The second kappa shape index (κ2) is 5.89. The van der Waals surface area contributed by atoms with Gasteiger partial charge < -0.3 is 9.84 Å². The summed E-state index contributed by atoms with van der Waals surface area (Å²) in [4.78, 5) is 10.8. The van der Waals surface area contributed by atoms with Crippen LogP contribution >= 0.6 is 0 Å². The Kier molecular flexibility index (Phi) is 4.49. The molecule has 4 heteroatoms. The predicted octanol–water partition coefficient (Wildman–Crippen LogP) is 1.23. The smallest absolute Gasteiger partial charge is 0.317 e. The summed E-state index contributed by atoms with van der Waals surface area (Å²) in [6, 6.07) is 4.03. The molecule has 0 unspecified atom stereocenters. The maximum Gasteiger partial charge on any atom is 0.317 e. The number of aliphatic hydroxyl groups excluding tert-OH is 1. The van der Waals surface area contributed by atoms with Crippen molar-refractivity contribution in [2.45, 2.75) is 13.0 Å². The number of rotatable bonds is 2. The second-order valence-corrected chi connectivity index (χ2v) is 3.06. The van der Waals surface area contributed by atoms with Gasteiger partial charge >= 0.3 is 5.97 Å². The summed E-state index contributed by atoms with van der Waals surface area (Å²) in [5, 5.41) is 8.85. The number of ether oxygens (including phenoxy) is 1. The molecule has 0 aliphatic heterocycles. The molecule has 0 amide bonds. The third kappa shape index (κ3) is 3.71. The van der Waals surface area contributed by atoms with Crippen LogP contribution < -0.4 is 0 Å². The number of methoxy groups -OCH3 is 1. The molecular formula is C12H11FO3. The maximum atomic E-state index is 13.0. The van der Waals surface area contributed by atoms with Gasteiger partial charge in [0, 0.05) is 5.56 Å². The largest absolute Gasteiger partial charge is 0.468 e. The molecule has 3 nitrogen and oxygen atoms in total. The molecule has 84 valence electrons. The van der Waals surface area contributed by atoms with Crippen molar-refractivity contribution in [3.05, 3.63) is 35.1 Å². The summed E-state index contributed by atoms with van der Waals surface area (Å²) < 4.78 is 17.4. The van der Waals surface area contributed by atoms with Gasteiger partial charge in [-0.2, -0.15) is 0 Å². The van der Waals surface area contributed by atoms with Crippen LogP contribution in [0.15, 0.2) is 18.2 Å². The van der Waals surface area contributed by atoms with Crippen LogP contribution in [-0.4, -0.2) is 18.2 Å². The van der Waals surface area contributed by atoms with Crippen molar-refractivity contribution < 1.29 is 19.0 Å². The Bertz CT molecular complexity index is 443. The number of hydrogen-bond donors (Lipinski definition) is 1. The minimum absolute atomic E-state index is 0.0402. The van der Waals surface area contributed by atoms with Crippen molar-refractivity contribution >= 4 is 5.97 Å². The highest BCUT2D eigenvalue weighted by Gasteiger charge is 1.98. The van der Waals surface area contributed by atoms with Gasteiger partial charge in [0.1, 0.15) is 12.2 Å². The van der Waals surface area contributed by atoms with Crippen molar-refractivity contribution in [3.63, 3.8) is 0 Å². The molecule has 0 saturated heterocycles. The molecule has 0 aliphatic carbocycles. The molecule has 1 N–H and O–H groups in total. The van der Waals surface area contributed by atoms with Crippen LogP contribution in [0.2, 0.25) is 0 Å². The summed E-state index contributed by atoms with van der Waals surface area (Å²) in [6.45, 7) is -0.247. The van der Waals surface area contributed by atoms with Crippen LogP contribution in [0.25, 0.3) is 0 Å². The minimum Gasteiger partial charge on any atom is -0.468 e. The predicted molar refractivity (Wildman–Crippen MR) is 55.8 cm³/mol. The third-order valence-corrected chi connectivity index (χ3v) is 1.83. The normalized spacial score (nSPS) is 9.19. The molecule has 0 aliphatic rings. The monoisotopic (exact) mass is 222 g/mol. The van der Waals surface area contributed by atoms with E-state index < -0.39 is 11.8 Å². The highest BCUT2D eigenvalue weighted by Crippen LogP contribution is 2.08. The molecule has 0 bridgehead atoms. The molecular weight excluding hydrogens is 211 g/mol. The number of carbonyl (C=O) groups excluding carboxylic acids is 1. The second-order valence-electron chi connectivity index (χ2n) is 3.06. The molecule has 0 atom stereocenters. The average molecular weight is 222 g/mol. The molecule has 16 heavy (non-hydrogen) atoms. The molecule has 1 rings (SSSR count). The van der Waals surface area contributed by atoms with Crippen LogP contribution in [0.1, 0.15) is 17.5 Å². The summed E-state index contributed by atoms with van der Waals surface area (Å²) in [5.41, 5.74) is 0.871. The van der Waals surface area contributed by atoms with Crippen LogP contribution in [-0.2, 0) is 16.1 Å². The Morgan fingerprint density at radius 2 is 2.25 bits per heavy atom. The Labute approximate surface area is 92.9 Å². The first kappa shape index (κ1) is 12.2. The minimum atomic E-state index is -0.464. The first-order valence-electron chi connectivity index (χ1n) is 4.61. The molecule has 0 spiro atoms. The van der Waals surface area contributed by atoms with E-state index in [-0.39, 0.29) is 13.0 Å². The highest BCUT2D eigenvalue weighted by molar-refractivity contribution is 5.72. The first-order valence-corrected chi connectivity index (χ1v) is 4.61. The summed E-state index contributed by atoms with van der Waals surface area (Å²) in [7, 11) is 1.27. The average Bonchev–Trinajstić information content (AvgIpc) is 2.28. The number of benzene rings is 1. The standard InChI is InChI=1S/C12H11FO3/c1-16-12(15)4-2-3-9-5-10(8-14)7-11(13)6-9/h5-7,14H,4,8H2,1H3. The lowest BCUT2D eigenvalue weighted by molar-refractivity contribution is -0.139. The van der Waals surface area contributed by atoms with Crippen molar-refractivity contribution in [2.24, 2.45) is 0 Å². The van der Waals surface area contributed by atoms with Gasteiger partial charge in [0.15, 0.2) is 0 Å². The van der Waals surface area contributed by atoms with Gasteiger partial charge in [-0.15, -0.1) is 0 Å². The molecule has 0 heterocycles. The van der Waals surface area contributed by atoms with Crippen molar-refractivity contribution in [2.75, 3.05) is 7.11 Å². The van der Waals surface area contributed by atoms with Crippen LogP contribution in [0.5, 0.6) is 0 Å². The van der Waals surface area contributed by atoms with Crippen LogP contribution in [0.4, 0.5) is 4.39 Å². The van der Waals surface area contributed by atoms with Gasteiger partial charge in [-0.1, -0.05) is 11.8 Å². The van der Waals surface area contributed by atoms with Crippen molar-refractivity contribution in [3.8, 4) is 11.8 Å². The zero-order valence-electron chi connectivity index (χ0n) is 8.79. The van der Waals surface area contributed by atoms with Crippen molar-refractivity contribution in [1.29, 1.82) is 0 Å². The van der Waals surface area contributed by atoms with E-state index in [0.717, 1.165) is 0 Å². The van der Waals surface area contributed by atoms with E-state index in [1.807, 2.05) is 0 Å². The Hall–Kier alpha value is -1.86. The lowest BCUT2D eigenvalue weighted by Crippen LogP contribution is -1.97. The summed E-state index contributed by atoms with van der Waals surface area (Å²) in [5.74, 6) is 4.28. The fourth-order valence-electron chi connectivity index (χ4n) is 1.10. The Morgan fingerprint density at radius 1 is 1.50 bits per heavy atom. The lowest BCUT2D eigenvalue weighted by Gasteiger charge is -1.97. The SMILES string of the molecule is COC(=O)CC#Cc1cc(F)cc(CO)c1. The van der Waals surface area contributed by atoms with E-state index in [2.05, 4.69) is 16.6 Å². The van der Waals surface area contributed by atoms with Crippen LogP contribution in [0.3, 0.4) is 0 Å².